The van der Waals surface area contributed by atoms with E-state index in [1.54, 1.807) is 6.20 Å². The molecule has 3 nitrogen and oxygen atoms in total. The monoisotopic (exact) mass is 312 g/mol. The number of likely N-dealkylation sites (tertiary alicyclic amines) is 1. The fourth-order valence-electron chi connectivity index (χ4n) is 3.89. The van der Waals surface area contributed by atoms with E-state index in [-0.39, 0.29) is 5.82 Å². The molecule has 1 spiro atoms. The van der Waals surface area contributed by atoms with Gasteiger partial charge in [-0.2, -0.15) is 0 Å². The molecule has 2 aliphatic rings. The number of benzene rings is 1. The summed E-state index contributed by atoms with van der Waals surface area (Å²) in [4.78, 5) is 6.59. The van der Waals surface area contributed by atoms with Gasteiger partial charge in [-0.05, 0) is 35.7 Å². The molecule has 0 radical (unpaired) electrons. The second kappa shape index (κ2) is 6.02. The van der Waals surface area contributed by atoms with Crippen LogP contribution in [0.25, 0.3) is 0 Å². The SMILES string of the molecule is Fc1ccc(CN2CC3(CO[C@@H](Cc4cccnc4)C3)C2)cc1. The van der Waals surface area contributed by atoms with Crippen LogP contribution in [-0.4, -0.2) is 35.7 Å². The normalized spacial score (nSPS) is 23.1. The number of rotatable bonds is 4. The smallest absolute Gasteiger partial charge is 0.123 e. The van der Waals surface area contributed by atoms with Gasteiger partial charge in [0, 0.05) is 43.9 Å². The standard InChI is InChI=1S/C19H21FN2O/c20-17-5-3-15(4-6-17)11-22-12-19(13-22)9-18(23-14-19)8-16-2-1-7-21-10-16/h1-7,10,18H,8-9,11-14H2/t18-/m0/s1. The van der Waals surface area contributed by atoms with Gasteiger partial charge in [0.05, 0.1) is 12.7 Å². The van der Waals surface area contributed by atoms with E-state index in [4.69, 9.17) is 4.74 Å². The van der Waals surface area contributed by atoms with Crippen molar-refractivity contribution in [3.05, 3.63) is 65.7 Å². The van der Waals surface area contributed by atoms with Crippen molar-refractivity contribution in [3.8, 4) is 0 Å². The van der Waals surface area contributed by atoms with Gasteiger partial charge < -0.3 is 4.74 Å². The first-order valence-electron chi connectivity index (χ1n) is 8.18. The highest BCUT2D eigenvalue weighted by atomic mass is 19.1. The fraction of sp³-hybridized carbons (Fsp3) is 0.421. The van der Waals surface area contributed by atoms with E-state index >= 15 is 0 Å². The highest BCUT2D eigenvalue weighted by molar-refractivity contribution is 5.17. The Balaban J connectivity index is 1.28. The van der Waals surface area contributed by atoms with Crippen molar-refractivity contribution >= 4 is 0 Å². The van der Waals surface area contributed by atoms with Crippen molar-refractivity contribution in [1.29, 1.82) is 0 Å². The van der Waals surface area contributed by atoms with E-state index in [0.29, 0.717) is 11.5 Å². The fourth-order valence-corrected chi connectivity index (χ4v) is 3.89. The van der Waals surface area contributed by atoms with Crippen LogP contribution in [0.3, 0.4) is 0 Å². The maximum Gasteiger partial charge on any atom is 0.123 e. The summed E-state index contributed by atoms with van der Waals surface area (Å²) in [7, 11) is 0. The minimum atomic E-state index is -0.170. The van der Waals surface area contributed by atoms with Crippen LogP contribution in [0.1, 0.15) is 17.5 Å². The van der Waals surface area contributed by atoms with Crippen molar-refractivity contribution < 1.29 is 9.13 Å². The van der Waals surface area contributed by atoms with Gasteiger partial charge in [0.15, 0.2) is 0 Å². The van der Waals surface area contributed by atoms with E-state index in [1.165, 1.54) is 23.3 Å². The van der Waals surface area contributed by atoms with Gasteiger partial charge in [0.25, 0.3) is 0 Å². The summed E-state index contributed by atoms with van der Waals surface area (Å²) in [5.41, 5.74) is 2.75. The van der Waals surface area contributed by atoms with Crippen LogP contribution in [0, 0.1) is 11.2 Å². The summed E-state index contributed by atoms with van der Waals surface area (Å²) in [5.74, 6) is -0.170. The number of hydrogen-bond donors (Lipinski definition) is 0. The van der Waals surface area contributed by atoms with Crippen LogP contribution in [0.15, 0.2) is 48.8 Å². The molecule has 120 valence electrons. The number of halogens is 1. The third-order valence-electron chi connectivity index (χ3n) is 4.91. The first-order chi connectivity index (χ1) is 11.2. The number of hydrogen-bond acceptors (Lipinski definition) is 3. The minimum Gasteiger partial charge on any atom is -0.377 e. The van der Waals surface area contributed by atoms with Crippen molar-refractivity contribution in [3.63, 3.8) is 0 Å². The zero-order chi connectivity index (χ0) is 15.7. The maximum atomic E-state index is 12.9. The molecule has 2 fully saturated rings. The molecule has 2 aromatic rings. The van der Waals surface area contributed by atoms with Gasteiger partial charge in [0.1, 0.15) is 5.82 Å². The molecule has 2 saturated heterocycles. The van der Waals surface area contributed by atoms with Gasteiger partial charge >= 0.3 is 0 Å². The second-order valence-electron chi connectivity index (χ2n) is 6.97. The quantitative estimate of drug-likeness (QED) is 0.867. The molecular formula is C19H21FN2O. The van der Waals surface area contributed by atoms with Crippen LogP contribution in [0.2, 0.25) is 0 Å². The Morgan fingerprint density at radius 2 is 2.00 bits per heavy atom. The lowest BCUT2D eigenvalue weighted by Gasteiger charge is -2.47. The number of nitrogens with zero attached hydrogens (tertiary/aromatic N) is 2. The Hall–Kier alpha value is -1.78. The van der Waals surface area contributed by atoms with E-state index in [2.05, 4.69) is 16.0 Å². The van der Waals surface area contributed by atoms with Crippen molar-refractivity contribution in [2.24, 2.45) is 5.41 Å². The first-order valence-corrected chi connectivity index (χ1v) is 8.18. The van der Waals surface area contributed by atoms with Gasteiger partial charge in [-0.1, -0.05) is 18.2 Å². The minimum absolute atomic E-state index is 0.170. The molecule has 0 amide bonds. The predicted octanol–water partition coefficient (Wildman–Crippen LogP) is 3.05. The number of pyridine rings is 1. The van der Waals surface area contributed by atoms with E-state index < -0.39 is 0 Å². The van der Waals surface area contributed by atoms with Crippen molar-refractivity contribution in [2.75, 3.05) is 19.7 Å². The molecule has 2 aliphatic heterocycles. The average molecular weight is 312 g/mol. The third-order valence-corrected chi connectivity index (χ3v) is 4.91. The summed E-state index contributed by atoms with van der Waals surface area (Å²) in [6.07, 6.45) is 6.12. The van der Waals surface area contributed by atoms with E-state index in [1.807, 2.05) is 24.4 Å². The Morgan fingerprint density at radius 3 is 2.74 bits per heavy atom. The van der Waals surface area contributed by atoms with Crippen molar-refractivity contribution in [2.45, 2.75) is 25.5 Å². The van der Waals surface area contributed by atoms with Gasteiger partial charge in [-0.25, -0.2) is 4.39 Å². The Bertz CT molecular complexity index is 653. The molecule has 3 heterocycles. The number of ether oxygens (including phenoxy) is 1. The Kier molecular flexibility index (Phi) is 3.87. The van der Waals surface area contributed by atoms with Gasteiger partial charge in [-0.3, -0.25) is 9.88 Å². The first kappa shape index (κ1) is 14.8. The van der Waals surface area contributed by atoms with Crippen LogP contribution in [0.5, 0.6) is 0 Å². The van der Waals surface area contributed by atoms with Crippen LogP contribution in [0.4, 0.5) is 4.39 Å². The predicted molar refractivity (Wildman–Crippen MR) is 86.4 cm³/mol. The largest absolute Gasteiger partial charge is 0.377 e. The lowest BCUT2D eigenvalue weighted by Crippen LogP contribution is -2.56. The third kappa shape index (κ3) is 3.28. The Morgan fingerprint density at radius 1 is 1.17 bits per heavy atom. The van der Waals surface area contributed by atoms with Gasteiger partial charge in [-0.15, -0.1) is 0 Å². The summed E-state index contributed by atoms with van der Waals surface area (Å²) in [6, 6.07) is 10.9. The molecule has 4 rings (SSSR count). The molecule has 4 heteroatoms. The highest BCUT2D eigenvalue weighted by Gasteiger charge is 2.48. The summed E-state index contributed by atoms with van der Waals surface area (Å²) < 4.78 is 19.0. The Labute approximate surface area is 136 Å². The second-order valence-corrected chi connectivity index (χ2v) is 6.97. The summed E-state index contributed by atoms with van der Waals surface area (Å²) >= 11 is 0. The zero-order valence-corrected chi connectivity index (χ0v) is 13.1. The van der Waals surface area contributed by atoms with E-state index in [9.17, 15) is 4.39 Å². The molecule has 0 N–H and O–H groups in total. The molecule has 23 heavy (non-hydrogen) atoms. The van der Waals surface area contributed by atoms with Crippen molar-refractivity contribution in [1.82, 2.24) is 9.88 Å². The average Bonchev–Trinajstić information content (AvgIpc) is 2.94. The number of aromatic nitrogens is 1. The molecule has 1 atom stereocenters. The topological polar surface area (TPSA) is 25.4 Å². The summed E-state index contributed by atoms with van der Waals surface area (Å²) in [6.45, 7) is 3.91. The summed E-state index contributed by atoms with van der Waals surface area (Å²) in [5, 5.41) is 0. The molecule has 0 unspecified atom stereocenters. The molecule has 0 bridgehead atoms. The molecule has 0 aliphatic carbocycles. The van der Waals surface area contributed by atoms with Crippen LogP contribution >= 0.6 is 0 Å². The lowest BCUT2D eigenvalue weighted by molar-refractivity contribution is -0.0140. The molecule has 1 aromatic carbocycles. The molecule has 0 saturated carbocycles. The van der Waals surface area contributed by atoms with E-state index in [0.717, 1.165) is 39.1 Å². The zero-order valence-electron chi connectivity index (χ0n) is 13.1. The van der Waals surface area contributed by atoms with Crippen LogP contribution < -0.4 is 0 Å². The lowest BCUT2D eigenvalue weighted by atomic mass is 9.77. The van der Waals surface area contributed by atoms with Crippen LogP contribution in [-0.2, 0) is 17.7 Å². The molecule has 1 aromatic heterocycles. The highest BCUT2D eigenvalue weighted by Crippen LogP contribution is 2.42. The maximum absolute atomic E-state index is 12.9. The molecular weight excluding hydrogens is 291 g/mol. The van der Waals surface area contributed by atoms with Gasteiger partial charge in [0.2, 0.25) is 0 Å².